The molecule has 2 aromatic carbocycles. The van der Waals surface area contributed by atoms with Crippen molar-refractivity contribution >= 4 is 21.2 Å². The van der Waals surface area contributed by atoms with E-state index in [0.29, 0.717) is 24.3 Å². The van der Waals surface area contributed by atoms with Gasteiger partial charge in [0, 0.05) is 37.8 Å². The third-order valence-electron chi connectivity index (χ3n) is 9.83. The number of benzene rings is 2. The summed E-state index contributed by atoms with van der Waals surface area (Å²) in [4.78, 5) is 2.73. The van der Waals surface area contributed by atoms with Crippen LogP contribution in [0.3, 0.4) is 0 Å². The van der Waals surface area contributed by atoms with Crippen molar-refractivity contribution in [3.63, 3.8) is 0 Å². The Kier molecular flexibility index (Phi) is 5.33. The van der Waals surface area contributed by atoms with E-state index in [-0.39, 0.29) is 17.3 Å². The first-order valence-corrected chi connectivity index (χ1v) is 13.4. The summed E-state index contributed by atoms with van der Waals surface area (Å²) in [5.41, 5.74) is 4.10. The number of hydrogen-bond acceptors (Lipinski definition) is 5. The van der Waals surface area contributed by atoms with Gasteiger partial charge in [-0.25, -0.2) is 0 Å². The van der Waals surface area contributed by atoms with E-state index in [1.54, 1.807) is 14.2 Å². The normalized spacial score (nSPS) is 33.6. The van der Waals surface area contributed by atoms with Crippen molar-refractivity contribution < 1.29 is 18.9 Å². The minimum absolute atomic E-state index is 0.254. The van der Waals surface area contributed by atoms with Crippen LogP contribution in [0, 0.1) is 11.8 Å². The van der Waals surface area contributed by atoms with E-state index in [1.807, 2.05) is 24.3 Å². The summed E-state index contributed by atoms with van der Waals surface area (Å²) in [5.74, 6) is 1.39. The maximum Gasteiger partial charge on any atom is 0.201 e. The topological polar surface area (TPSA) is 40.2 Å². The van der Waals surface area contributed by atoms with E-state index >= 15 is 0 Å². The molecule has 4 radical (unpaired) electrons. The van der Waals surface area contributed by atoms with Gasteiger partial charge in [0.05, 0.1) is 7.85 Å². The molecule has 2 aliphatic heterocycles. The molecule has 0 N–H and O–H groups in total. The van der Waals surface area contributed by atoms with Gasteiger partial charge in [0.15, 0.2) is 17.6 Å². The number of rotatable bonds is 7. The van der Waals surface area contributed by atoms with Crippen LogP contribution in [0.4, 0.5) is 0 Å². The van der Waals surface area contributed by atoms with E-state index < -0.39 is 5.79 Å². The van der Waals surface area contributed by atoms with Crippen molar-refractivity contribution in [3.8, 4) is 11.5 Å². The average molecular weight is 481 g/mol. The van der Waals surface area contributed by atoms with Gasteiger partial charge < -0.3 is 18.9 Å². The third kappa shape index (κ3) is 3.09. The molecule has 36 heavy (non-hydrogen) atoms. The first-order chi connectivity index (χ1) is 17.5. The van der Waals surface area contributed by atoms with Crippen molar-refractivity contribution in [2.75, 3.05) is 27.3 Å². The molecular formula is C29H33B2NO4. The van der Waals surface area contributed by atoms with Gasteiger partial charge in [-0.15, -0.1) is 0 Å². The first-order valence-electron chi connectivity index (χ1n) is 13.4. The molecule has 3 fully saturated rings. The fraction of sp³-hybridized carbons (Fsp3) is 0.586. The predicted molar refractivity (Wildman–Crippen MR) is 139 cm³/mol. The maximum absolute atomic E-state index is 6.92. The lowest BCUT2D eigenvalue weighted by Crippen LogP contribution is -2.72. The fourth-order valence-electron chi connectivity index (χ4n) is 8.02. The molecule has 5 nitrogen and oxygen atoms in total. The highest BCUT2D eigenvalue weighted by molar-refractivity contribution is 6.34. The number of likely N-dealkylation sites (tertiary alicyclic amines) is 1. The highest BCUT2D eigenvalue weighted by Gasteiger charge is 2.72. The molecule has 2 heterocycles. The molecule has 2 saturated carbocycles. The van der Waals surface area contributed by atoms with Crippen LogP contribution in [0.1, 0.15) is 42.4 Å². The Balaban J connectivity index is 1.36. The summed E-state index contributed by atoms with van der Waals surface area (Å²) in [7, 11) is 17.1. The molecule has 0 amide bonds. The van der Waals surface area contributed by atoms with E-state index in [9.17, 15) is 0 Å². The van der Waals surface area contributed by atoms with Gasteiger partial charge in [-0.2, -0.15) is 0 Å². The van der Waals surface area contributed by atoms with Gasteiger partial charge >= 0.3 is 0 Å². The number of ether oxygens (including phenoxy) is 4. The highest BCUT2D eigenvalue weighted by atomic mass is 16.7. The van der Waals surface area contributed by atoms with Gasteiger partial charge in [0.1, 0.15) is 14.5 Å². The van der Waals surface area contributed by atoms with Crippen molar-refractivity contribution in [2.24, 2.45) is 11.8 Å². The van der Waals surface area contributed by atoms with Crippen LogP contribution in [-0.2, 0) is 27.9 Å². The number of hydrogen-bond donors (Lipinski definition) is 0. The van der Waals surface area contributed by atoms with E-state index in [0.717, 1.165) is 48.5 Å². The van der Waals surface area contributed by atoms with Crippen molar-refractivity contribution in [1.29, 1.82) is 0 Å². The minimum Gasteiger partial charge on any atom is -0.485 e. The molecule has 1 spiro atoms. The lowest BCUT2D eigenvalue weighted by atomic mass is 9.46. The Hall–Kier alpha value is -1.95. The summed E-state index contributed by atoms with van der Waals surface area (Å²) in [6.07, 6.45) is 5.10. The summed E-state index contributed by atoms with van der Waals surface area (Å²) >= 11 is 0. The van der Waals surface area contributed by atoms with Gasteiger partial charge in [0.25, 0.3) is 0 Å². The molecule has 5 aliphatic rings. The van der Waals surface area contributed by atoms with Crippen LogP contribution in [0.25, 0.3) is 0 Å². The molecule has 2 bridgehead atoms. The second kappa shape index (κ2) is 8.28. The molecule has 7 rings (SSSR count). The molecule has 184 valence electrons. The van der Waals surface area contributed by atoms with Crippen LogP contribution < -0.4 is 14.9 Å². The van der Waals surface area contributed by atoms with Crippen LogP contribution in [0.15, 0.2) is 36.4 Å². The highest BCUT2D eigenvalue weighted by Crippen LogP contribution is 2.67. The minimum atomic E-state index is -1.03. The average Bonchev–Trinajstić information content (AvgIpc) is 3.64. The summed E-state index contributed by atoms with van der Waals surface area (Å²) < 4.78 is 25.6. The maximum atomic E-state index is 6.92. The zero-order valence-electron chi connectivity index (χ0n) is 21.2. The Morgan fingerprint density at radius 2 is 1.92 bits per heavy atom. The zero-order valence-corrected chi connectivity index (χ0v) is 21.2. The SMILES string of the molecule is [B]c1cc(OCc2ccccc2)c2c3c1CC1C4CC([B])C(OC)(OC)[C@@H](O2)[C@@]34CCN1CC1CC1. The summed E-state index contributed by atoms with van der Waals surface area (Å²) in [6, 6.07) is 12.6. The number of methoxy groups -OCH3 is 2. The predicted octanol–water partition coefficient (Wildman–Crippen LogP) is 3.06. The molecule has 1 saturated heterocycles. The second-order valence-electron chi connectivity index (χ2n) is 11.5. The Bertz CT molecular complexity index is 1170. The Morgan fingerprint density at radius 3 is 2.64 bits per heavy atom. The van der Waals surface area contributed by atoms with Gasteiger partial charge in [-0.3, -0.25) is 4.90 Å². The number of nitrogens with zero attached hydrogens (tertiary/aromatic N) is 1. The first kappa shape index (κ1) is 23.2. The molecule has 0 aromatic heterocycles. The zero-order chi connectivity index (χ0) is 24.7. The second-order valence-corrected chi connectivity index (χ2v) is 11.5. The fourth-order valence-corrected chi connectivity index (χ4v) is 8.02. The summed E-state index contributed by atoms with van der Waals surface area (Å²) in [5, 5.41) is 0. The molecule has 7 heteroatoms. The van der Waals surface area contributed by atoms with Gasteiger partial charge in [0.2, 0.25) is 5.79 Å². The molecule has 2 aromatic rings. The third-order valence-corrected chi connectivity index (χ3v) is 9.83. The Morgan fingerprint density at radius 1 is 1.14 bits per heavy atom. The lowest BCUT2D eigenvalue weighted by Gasteiger charge is -2.63. The van der Waals surface area contributed by atoms with Crippen LogP contribution in [0.5, 0.6) is 11.5 Å². The monoisotopic (exact) mass is 481 g/mol. The van der Waals surface area contributed by atoms with Crippen molar-refractivity contribution in [3.05, 3.63) is 53.1 Å². The van der Waals surface area contributed by atoms with Crippen LogP contribution >= 0.6 is 0 Å². The van der Waals surface area contributed by atoms with Crippen molar-refractivity contribution in [1.82, 2.24) is 4.90 Å². The largest absolute Gasteiger partial charge is 0.485 e. The smallest absolute Gasteiger partial charge is 0.201 e. The lowest BCUT2D eigenvalue weighted by molar-refractivity contribution is -0.291. The van der Waals surface area contributed by atoms with E-state index in [1.165, 1.54) is 30.5 Å². The molecule has 5 atom stereocenters. The molecular weight excluding hydrogens is 448 g/mol. The van der Waals surface area contributed by atoms with Gasteiger partial charge in [-0.1, -0.05) is 35.8 Å². The molecule has 3 aliphatic carbocycles. The van der Waals surface area contributed by atoms with E-state index in [2.05, 4.69) is 17.0 Å². The standard InChI is InChI=1S/C29H33B2NO4/c1-33-29(34-2)24(31)13-20-22-12-19-21(30)14-23(35-16-18-6-4-3-5-7-18)26-25(19)28(20,27(29)36-26)10-11-32(22)15-17-8-9-17/h3-7,14,17,20,22,24,27H,8-13,15-16H2,1-2H3/t20?,22?,24?,27-,28+/m0/s1. The van der Waals surface area contributed by atoms with Gasteiger partial charge in [-0.05, 0) is 73.5 Å². The Labute approximate surface area is 216 Å². The van der Waals surface area contributed by atoms with Crippen LogP contribution in [-0.4, -0.2) is 65.8 Å². The number of piperidine rings is 1. The van der Waals surface area contributed by atoms with Crippen molar-refractivity contribution in [2.45, 2.75) is 67.9 Å². The summed E-state index contributed by atoms with van der Waals surface area (Å²) in [6.45, 7) is 2.68. The quantitative estimate of drug-likeness (QED) is 0.450. The van der Waals surface area contributed by atoms with Crippen LogP contribution in [0.2, 0.25) is 5.82 Å². The molecule has 3 unspecified atom stereocenters. The van der Waals surface area contributed by atoms with E-state index in [4.69, 9.17) is 34.6 Å².